The topological polar surface area (TPSA) is 68.3 Å². The predicted octanol–water partition coefficient (Wildman–Crippen LogP) is 4.31. The Morgan fingerprint density at radius 2 is 2.07 bits per heavy atom. The van der Waals surface area contributed by atoms with Crippen molar-refractivity contribution in [3.05, 3.63) is 17.2 Å². The van der Waals surface area contributed by atoms with Gasteiger partial charge in [0.05, 0.1) is 13.2 Å². The van der Waals surface area contributed by atoms with Crippen LogP contribution in [0.25, 0.3) is 0 Å². The lowest BCUT2D eigenvalue weighted by Gasteiger charge is -2.37. The molecule has 0 radical (unpaired) electrons. The van der Waals surface area contributed by atoms with Crippen LogP contribution in [0.1, 0.15) is 69.3 Å². The minimum absolute atomic E-state index is 0.0240. The van der Waals surface area contributed by atoms with E-state index < -0.39 is 5.60 Å². The normalized spacial score (nSPS) is 33.3. The number of rotatable bonds is 5. The number of hydrogen-bond donors (Lipinski definition) is 1. The van der Waals surface area contributed by atoms with E-state index >= 15 is 0 Å². The maximum absolute atomic E-state index is 12.9. The Labute approximate surface area is 161 Å². The molecule has 5 heteroatoms. The number of hydrogen-bond acceptors (Lipinski definition) is 5. The molecule has 3 aliphatic rings. The van der Waals surface area contributed by atoms with Gasteiger partial charge in [-0.25, -0.2) is 0 Å². The Kier molecular flexibility index (Phi) is 4.22. The molecular formula is C22H30O5. The van der Waals surface area contributed by atoms with Crippen LogP contribution >= 0.6 is 0 Å². The first-order valence-corrected chi connectivity index (χ1v) is 10.0. The van der Waals surface area contributed by atoms with Crippen LogP contribution in [-0.4, -0.2) is 35.8 Å². The summed E-state index contributed by atoms with van der Waals surface area (Å²) in [6, 6.07) is 1.58. The average Bonchev–Trinajstić information content (AvgIpc) is 3.31. The molecule has 2 heterocycles. The van der Waals surface area contributed by atoms with Crippen LogP contribution in [0.3, 0.4) is 0 Å². The molecule has 4 rings (SSSR count). The lowest BCUT2D eigenvalue weighted by molar-refractivity contribution is 0.0390. The molecule has 1 saturated heterocycles. The second-order valence-corrected chi connectivity index (χ2v) is 9.24. The molecule has 2 fully saturated rings. The van der Waals surface area contributed by atoms with Gasteiger partial charge in [-0.2, -0.15) is 0 Å². The number of phenols is 1. The molecule has 1 saturated carbocycles. The number of fused-ring (bicyclic) bond motifs is 5. The number of aromatic hydroxyl groups is 1. The van der Waals surface area contributed by atoms with Gasteiger partial charge in [-0.15, -0.1) is 0 Å². The van der Waals surface area contributed by atoms with Crippen molar-refractivity contribution in [2.24, 2.45) is 17.8 Å². The van der Waals surface area contributed by atoms with Crippen molar-refractivity contribution in [2.75, 3.05) is 7.11 Å². The summed E-state index contributed by atoms with van der Waals surface area (Å²) in [4.78, 5) is 12.9. The lowest BCUT2D eigenvalue weighted by atomic mass is 9.67. The molecule has 0 unspecified atom stereocenters. The zero-order chi connectivity index (χ0) is 19.7. The first-order chi connectivity index (χ1) is 12.7. The van der Waals surface area contributed by atoms with Gasteiger partial charge < -0.3 is 19.3 Å². The Morgan fingerprint density at radius 1 is 1.37 bits per heavy atom. The van der Waals surface area contributed by atoms with E-state index in [1.807, 2.05) is 13.8 Å². The number of ether oxygens (including phenoxy) is 3. The van der Waals surface area contributed by atoms with E-state index in [2.05, 4.69) is 20.8 Å². The summed E-state index contributed by atoms with van der Waals surface area (Å²) < 4.78 is 18.1. The van der Waals surface area contributed by atoms with Gasteiger partial charge in [-0.05, 0) is 31.1 Å². The zero-order valence-corrected chi connectivity index (χ0v) is 17.0. The highest BCUT2D eigenvalue weighted by Crippen LogP contribution is 2.64. The average molecular weight is 374 g/mol. The maximum Gasteiger partial charge on any atom is 0.170 e. The molecule has 1 aromatic carbocycles. The van der Waals surface area contributed by atoms with Crippen molar-refractivity contribution in [1.82, 2.24) is 0 Å². The number of epoxide rings is 1. The van der Waals surface area contributed by atoms with Crippen LogP contribution in [0.2, 0.25) is 0 Å². The van der Waals surface area contributed by atoms with Crippen molar-refractivity contribution in [3.63, 3.8) is 0 Å². The molecule has 1 N–H and O–H groups in total. The van der Waals surface area contributed by atoms with Crippen LogP contribution in [0, 0.1) is 17.8 Å². The number of carbonyl (C=O) groups excluding carboxylic acids is 1. The highest BCUT2D eigenvalue weighted by Gasteiger charge is 2.68. The third-order valence-corrected chi connectivity index (χ3v) is 6.59. The molecule has 0 aromatic heterocycles. The predicted molar refractivity (Wildman–Crippen MR) is 102 cm³/mol. The van der Waals surface area contributed by atoms with E-state index in [-0.39, 0.29) is 35.6 Å². The summed E-state index contributed by atoms with van der Waals surface area (Å²) in [5, 5.41) is 10.6. The first kappa shape index (κ1) is 18.6. The van der Waals surface area contributed by atoms with Gasteiger partial charge >= 0.3 is 0 Å². The summed E-state index contributed by atoms with van der Waals surface area (Å²) in [5.41, 5.74) is 0.699. The van der Waals surface area contributed by atoms with E-state index in [1.54, 1.807) is 13.2 Å². The third-order valence-electron chi connectivity index (χ3n) is 6.59. The van der Waals surface area contributed by atoms with Gasteiger partial charge in [0.15, 0.2) is 5.78 Å². The summed E-state index contributed by atoms with van der Waals surface area (Å²) in [6.45, 7) is 10.5. The van der Waals surface area contributed by atoms with Gasteiger partial charge in [0, 0.05) is 24.0 Å². The Morgan fingerprint density at radius 3 is 2.67 bits per heavy atom. The maximum atomic E-state index is 12.9. The molecular weight excluding hydrogens is 344 g/mol. The standard InChI is InChI=1S/C22H30O5/c1-10(2)7-14(23)18-15(24)9-16(25-6)17-13-8-12(11(3)4)19-21(26-19)22(13,5)27-20(17)18/h9-13,19,21,24H,7-8H2,1-6H3/t12-,13-,19-,21-,22+/m1/s1. The molecule has 2 aliphatic heterocycles. The van der Waals surface area contributed by atoms with Crippen molar-refractivity contribution in [1.29, 1.82) is 0 Å². The molecule has 1 aromatic rings. The molecule has 0 bridgehead atoms. The van der Waals surface area contributed by atoms with E-state index in [9.17, 15) is 9.90 Å². The SMILES string of the molecule is COc1cc(O)c(C(=O)CC(C)C)c2c1[C@H]1C[C@H](C(C)C)[C@H]3O[C@H]3[C@@]1(C)O2. The Hall–Kier alpha value is -1.75. The van der Waals surface area contributed by atoms with Gasteiger partial charge in [0.2, 0.25) is 0 Å². The number of methoxy groups -OCH3 is 1. The van der Waals surface area contributed by atoms with Crippen LogP contribution in [0.5, 0.6) is 17.2 Å². The van der Waals surface area contributed by atoms with Crippen LogP contribution < -0.4 is 9.47 Å². The second-order valence-electron chi connectivity index (χ2n) is 9.24. The van der Waals surface area contributed by atoms with Gasteiger partial charge in [-0.3, -0.25) is 4.79 Å². The second kappa shape index (κ2) is 6.13. The van der Waals surface area contributed by atoms with Crippen molar-refractivity contribution in [3.8, 4) is 17.2 Å². The molecule has 27 heavy (non-hydrogen) atoms. The summed E-state index contributed by atoms with van der Waals surface area (Å²) in [6.07, 6.45) is 1.54. The van der Waals surface area contributed by atoms with Crippen molar-refractivity contribution >= 4 is 5.78 Å². The van der Waals surface area contributed by atoms with E-state index in [4.69, 9.17) is 14.2 Å². The molecule has 0 amide bonds. The summed E-state index contributed by atoms with van der Waals surface area (Å²) in [5.74, 6) is 2.21. The van der Waals surface area contributed by atoms with Crippen LogP contribution in [0.15, 0.2) is 6.07 Å². The number of benzene rings is 1. The lowest BCUT2D eigenvalue weighted by Crippen LogP contribution is -2.47. The fourth-order valence-electron chi connectivity index (χ4n) is 5.14. The summed E-state index contributed by atoms with van der Waals surface area (Å²) in [7, 11) is 1.60. The van der Waals surface area contributed by atoms with Crippen LogP contribution in [0.4, 0.5) is 0 Å². The number of ketones is 1. The summed E-state index contributed by atoms with van der Waals surface area (Å²) >= 11 is 0. The third kappa shape index (κ3) is 2.65. The Balaban J connectivity index is 1.84. The van der Waals surface area contributed by atoms with Crippen molar-refractivity contribution in [2.45, 2.75) is 71.2 Å². The fourth-order valence-corrected chi connectivity index (χ4v) is 5.14. The number of Topliss-reactive ketones (excluding diaryl/α,β-unsaturated/α-hetero) is 1. The molecule has 0 spiro atoms. The largest absolute Gasteiger partial charge is 0.507 e. The van der Waals surface area contributed by atoms with Gasteiger partial charge in [-0.1, -0.05) is 27.7 Å². The van der Waals surface area contributed by atoms with Gasteiger partial charge in [0.1, 0.15) is 34.5 Å². The van der Waals surface area contributed by atoms with Crippen LogP contribution in [-0.2, 0) is 4.74 Å². The minimum atomic E-state index is -0.522. The van der Waals surface area contributed by atoms with E-state index in [0.29, 0.717) is 35.3 Å². The smallest absolute Gasteiger partial charge is 0.170 e. The number of carbonyl (C=O) groups is 1. The quantitative estimate of drug-likeness (QED) is 0.614. The van der Waals surface area contributed by atoms with E-state index in [1.165, 1.54) is 0 Å². The highest BCUT2D eigenvalue weighted by molar-refractivity contribution is 6.02. The monoisotopic (exact) mass is 374 g/mol. The van der Waals surface area contributed by atoms with Gasteiger partial charge in [0.25, 0.3) is 0 Å². The van der Waals surface area contributed by atoms with Crippen molar-refractivity contribution < 1.29 is 24.1 Å². The Bertz CT molecular complexity index is 783. The molecule has 1 aliphatic carbocycles. The fraction of sp³-hybridized carbons (Fsp3) is 0.682. The minimum Gasteiger partial charge on any atom is -0.507 e. The highest BCUT2D eigenvalue weighted by atomic mass is 16.6. The van der Waals surface area contributed by atoms with E-state index in [0.717, 1.165) is 12.0 Å². The first-order valence-electron chi connectivity index (χ1n) is 10.0. The number of phenolic OH excluding ortho intramolecular Hbond substituents is 1. The molecule has 148 valence electrons. The molecule has 5 nitrogen and oxygen atoms in total. The zero-order valence-electron chi connectivity index (χ0n) is 17.0. The molecule has 5 atom stereocenters.